The molecule has 0 aliphatic carbocycles. The molecule has 0 unspecified atom stereocenters. The van der Waals surface area contributed by atoms with E-state index in [0.717, 1.165) is 0 Å². The van der Waals surface area contributed by atoms with Gasteiger partial charge in [-0.25, -0.2) is 0 Å². The summed E-state index contributed by atoms with van der Waals surface area (Å²) in [5.74, 6) is 0. The zero-order valence-electron chi connectivity index (χ0n) is 6.36. The zero-order chi connectivity index (χ0) is 12.7. The molecule has 0 radical (unpaired) electrons. The summed E-state index contributed by atoms with van der Waals surface area (Å²) in [6.45, 7) is 0. The van der Waals surface area contributed by atoms with E-state index in [1.54, 1.807) is 0 Å². The average molecular weight is 262 g/mol. The van der Waals surface area contributed by atoms with Crippen LogP contribution in [0.2, 0.25) is 0 Å². The van der Waals surface area contributed by atoms with Gasteiger partial charge in [0.2, 0.25) is 0 Å². The molecular formula is C4HF7O3S. The van der Waals surface area contributed by atoms with Gasteiger partial charge >= 0.3 is 27.3 Å². The topological polar surface area (TPSA) is 51.2 Å². The molecule has 0 fully saturated rings. The molecule has 0 aromatic heterocycles. The van der Waals surface area contributed by atoms with Crippen LogP contribution in [0.1, 0.15) is 0 Å². The number of carbonyl (C=O) groups excluding carboxylic acids is 1. The number of rotatable bonds is 2. The number of alkyl halides is 6. The van der Waals surface area contributed by atoms with E-state index in [1.807, 2.05) is 0 Å². The first-order valence-corrected chi connectivity index (χ1v) is 4.23. The van der Waals surface area contributed by atoms with E-state index in [-0.39, 0.29) is 0 Å². The van der Waals surface area contributed by atoms with Crippen LogP contribution in [0.15, 0.2) is 0 Å². The predicted octanol–water partition coefficient (Wildman–Crippen LogP) is 1.35. The summed E-state index contributed by atoms with van der Waals surface area (Å²) in [5, 5.41) is 0. The van der Waals surface area contributed by atoms with Gasteiger partial charge in [0.15, 0.2) is 6.29 Å². The molecule has 0 rings (SSSR count). The van der Waals surface area contributed by atoms with E-state index < -0.39 is 33.6 Å². The van der Waals surface area contributed by atoms with Crippen LogP contribution in [0.4, 0.5) is 30.2 Å². The standard InChI is InChI=1S/C4HF7O3S/c5-3(6,7)2(1-12,4(8,9)10)15(11,13)14/h1H. The molecule has 0 spiro atoms. The highest BCUT2D eigenvalue weighted by molar-refractivity contribution is 7.88. The second kappa shape index (κ2) is 3.32. The van der Waals surface area contributed by atoms with Gasteiger partial charge in [-0.3, -0.25) is 0 Å². The van der Waals surface area contributed by atoms with E-state index in [0.29, 0.717) is 0 Å². The Labute approximate surface area is 78.1 Å². The van der Waals surface area contributed by atoms with Crippen molar-refractivity contribution in [3.63, 3.8) is 0 Å². The van der Waals surface area contributed by atoms with Gasteiger partial charge in [-0.1, -0.05) is 0 Å². The van der Waals surface area contributed by atoms with Crippen LogP contribution in [0.25, 0.3) is 0 Å². The van der Waals surface area contributed by atoms with Gasteiger partial charge in [0.25, 0.3) is 0 Å². The Morgan fingerprint density at radius 1 is 0.867 bits per heavy atom. The van der Waals surface area contributed by atoms with Gasteiger partial charge in [-0.05, 0) is 0 Å². The lowest BCUT2D eigenvalue weighted by atomic mass is 10.1. The molecule has 0 heterocycles. The minimum absolute atomic E-state index is 2.03. The molecule has 0 bridgehead atoms. The highest BCUT2D eigenvalue weighted by atomic mass is 32.3. The molecule has 0 N–H and O–H groups in total. The largest absolute Gasteiger partial charge is 0.426 e. The molecule has 0 aliphatic heterocycles. The molecule has 3 nitrogen and oxygen atoms in total. The van der Waals surface area contributed by atoms with Crippen molar-refractivity contribution in [3.8, 4) is 0 Å². The molecule has 0 atom stereocenters. The molecule has 11 heteroatoms. The fourth-order valence-corrected chi connectivity index (χ4v) is 1.30. The van der Waals surface area contributed by atoms with E-state index in [1.165, 1.54) is 0 Å². The molecule has 0 amide bonds. The maximum absolute atomic E-state index is 12.0. The molecule has 0 aromatic rings. The van der Waals surface area contributed by atoms with E-state index >= 15 is 0 Å². The summed E-state index contributed by atoms with van der Waals surface area (Å²) in [5.41, 5.74) is 0. The summed E-state index contributed by atoms with van der Waals surface area (Å²) in [6, 6.07) is 0. The van der Waals surface area contributed by atoms with Crippen LogP contribution in [0, 0.1) is 0 Å². The van der Waals surface area contributed by atoms with Gasteiger partial charge < -0.3 is 4.79 Å². The van der Waals surface area contributed by atoms with Gasteiger partial charge in [-0.15, -0.1) is 3.89 Å². The first kappa shape index (κ1) is 14.1. The number of aldehydes is 1. The Balaban J connectivity index is 6.15. The monoisotopic (exact) mass is 262 g/mol. The van der Waals surface area contributed by atoms with Crippen LogP contribution in [0.5, 0.6) is 0 Å². The summed E-state index contributed by atoms with van der Waals surface area (Å²) >= 11 is 0. The van der Waals surface area contributed by atoms with Crippen molar-refractivity contribution in [3.05, 3.63) is 0 Å². The number of halogens is 7. The van der Waals surface area contributed by atoms with Gasteiger partial charge in [0.1, 0.15) is 0 Å². The van der Waals surface area contributed by atoms with Crippen molar-refractivity contribution < 1.29 is 43.4 Å². The summed E-state index contributed by atoms with van der Waals surface area (Å²) in [7, 11) is -7.21. The van der Waals surface area contributed by atoms with Crippen LogP contribution in [-0.4, -0.2) is 31.8 Å². The molecule has 90 valence electrons. The highest BCUT2D eigenvalue weighted by Gasteiger charge is 2.80. The van der Waals surface area contributed by atoms with Crippen molar-refractivity contribution >= 4 is 16.5 Å². The number of hydrogen-bond donors (Lipinski definition) is 0. The maximum Gasteiger partial charge on any atom is 0.426 e. The Morgan fingerprint density at radius 3 is 1.13 bits per heavy atom. The van der Waals surface area contributed by atoms with Crippen molar-refractivity contribution in [2.75, 3.05) is 0 Å². The Kier molecular flexibility index (Phi) is 3.13. The molecule has 0 aliphatic rings. The zero-order valence-corrected chi connectivity index (χ0v) is 7.17. The summed E-state index contributed by atoms with van der Waals surface area (Å²) < 4.78 is 96.4. The lowest BCUT2D eigenvalue weighted by Gasteiger charge is -2.27. The quantitative estimate of drug-likeness (QED) is 0.429. The second-order valence-electron chi connectivity index (χ2n) is 2.29. The smallest absolute Gasteiger partial charge is 0.301 e. The summed E-state index contributed by atoms with van der Waals surface area (Å²) in [6.07, 6.45) is -15.3. The van der Waals surface area contributed by atoms with Crippen molar-refractivity contribution in [2.45, 2.75) is 17.1 Å². The number of hydrogen-bond acceptors (Lipinski definition) is 3. The third kappa shape index (κ3) is 1.92. The lowest BCUT2D eigenvalue weighted by molar-refractivity contribution is -0.255. The molecular weight excluding hydrogens is 261 g/mol. The van der Waals surface area contributed by atoms with Crippen LogP contribution >= 0.6 is 0 Å². The van der Waals surface area contributed by atoms with Crippen LogP contribution in [0.3, 0.4) is 0 Å². The third-order valence-electron chi connectivity index (χ3n) is 1.39. The molecule has 0 aromatic carbocycles. The Morgan fingerprint density at radius 2 is 1.13 bits per heavy atom. The van der Waals surface area contributed by atoms with E-state index in [9.17, 15) is 43.4 Å². The van der Waals surface area contributed by atoms with Crippen LogP contribution in [-0.2, 0) is 15.0 Å². The van der Waals surface area contributed by atoms with Crippen LogP contribution < -0.4 is 0 Å². The van der Waals surface area contributed by atoms with Crippen molar-refractivity contribution in [1.82, 2.24) is 0 Å². The molecule has 0 saturated heterocycles. The predicted molar refractivity (Wildman–Crippen MR) is 30.9 cm³/mol. The van der Waals surface area contributed by atoms with Crippen molar-refractivity contribution in [1.29, 1.82) is 0 Å². The summed E-state index contributed by atoms with van der Waals surface area (Å²) in [4.78, 5) is 9.71. The van der Waals surface area contributed by atoms with E-state index in [2.05, 4.69) is 0 Å². The number of carbonyl (C=O) groups is 1. The van der Waals surface area contributed by atoms with Gasteiger partial charge in [0, 0.05) is 0 Å². The Bertz CT molecular complexity index is 335. The fraction of sp³-hybridized carbons (Fsp3) is 0.750. The second-order valence-corrected chi connectivity index (χ2v) is 3.81. The highest BCUT2D eigenvalue weighted by Crippen LogP contribution is 2.47. The SMILES string of the molecule is O=CC(C(F)(F)F)(C(F)(F)F)S(=O)(=O)F. The first-order chi connectivity index (χ1) is 6.31. The minimum Gasteiger partial charge on any atom is -0.301 e. The first-order valence-electron chi connectivity index (χ1n) is 2.85. The molecule has 0 saturated carbocycles. The average Bonchev–Trinajstić information content (AvgIpc) is 1.76. The van der Waals surface area contributed by atoms with Gasteiger partial charge in [0.05, 0.1) is 0 Å². The van der Waals surface area contributed by atoms with Gasteiger partial charge in [-0.2, -0.15) is 34.8 Å². The lowest BCUT2D eigenvalue weighted by Crippen LogP contribution is -2.62. The third-order valence-corrected chi connectivity index (χ3v) is 2.72. The van der Waals surface area contributed by atoms with Crippen molar-refractivity contribution in [2.24, 2.45) is 0 Å². The molecule has 15 heavy (non-hydrogen) atoms. The van der Waals surface area contributed by atoms with E-state index in [4.69, 9.17) is 0 Å². The normalized spacial score (nSPS) is 15.1. The fourth-order valence-electron chi connectivity index (χ4n) is 0.628. The minimum atomic E-state index is -7.21. The maximum atomic E-state index is 12.0. The Hall–Kier alpha value is -0.870.